The molecule has 10 aromatic rings. The highest BCUT2D eigenvalue weighted by Crippen LogP contribution is 2.47. The zero-order valence-electron chi connectivity index (χ0n) is 53.5. The SMILES string of the molecule is [2H]c1cc2c(oc3c(-c4c([2H])c([2H])c([2H])c([2H])c4C)c([2H])c([2H])c([2H])c32)c(-c2c3c([2H])c([2H])c([2H])c([2H])c3c(-c3c([2H])c([2H])c(-c4c([2H])c([2H])c([2H])c5c([2H])c([2H])c([2H])c([2H])c45)c([2H])c3[2H])c3c([2H])c([2H])c([2H])c([2H])c23)c1[2H]. The number of hydrogen-bond acceptors (Lipinski definition) is 1. The van der Waals surface area contributed by atoms with Gasteiger partial charge in [-0.25, -0.2) is 0 Å². The molecule has 0 saturated carbocycles. The van der Waals surface area contributed by atoms with Crippen molar-refractivity contribution in [2.24, 2.45) is 0 Å². The molecular formula is C49H32O. The molecule has 0 fully saturated rings. The number of furan rings is 1. The van der Waals surface area contributed by atoms with E-state index in [1.54, 1.807) is 0 Å². The van der Waals surface area contributed by atoms with Gasteiger partial charge in [0.05, 0.1) is 38.4 Å². The predicted molar refractivity (Wildman–Crippen MR) is 213 cm³/mol. The van der Waals surface area contributed by atoms with Crippen LogP contribution in [0.5, 0.6) is 0 Å². The van der Waals surface area contributed by atoms with Crippen molar-refractivity contribution in [2.75, 3.05) is 0 Å². The van der Waals surface area contributed by atoms with Gasteiger partial charge in [-0.1, -0.05) is 175 Å². The molecule has 0 aliphatic carbocycles. The molecule has 10 rings (SSSR count). The summed E-state index contributed by atoms with van der Waals surface area (Å²) in [7, 11) is 0. The quantitative estimate of drug-likeness (QED) is 0.171. The number of fused-ring (bicyclic) bond motifs is 6. The first-order valence-corrected chi connectivity index (χ1v) is 15.0. The molecule has 1 nitrogen and oxygen atoms in total. The second-order valence-corrected chi connectivity index (χ2v) is 11.1. The van der Waals surface area contributed by atoms with Crippen LogP contribution in [-0.2, 0) is 0 Å². The van der Waals surface area contributed by atoms with Crippen LogP contribution in [0.3, 0.4) is 0 Å². The molecule has 0 atom stereocenters. The largest absolute Gasteiger partial charge is 0.455 e. The Bertz CT molecular complexity index is 4390. The second-order valence-electron chi connectivity index (χ2n) is 11.1. The molecule has 1 heteroatoms. The van der Waals surface area contributed by atoms with Crippen LogP contribution in [0.25, 0.3) is 98.8 Å². The average molecular weight is 665 g/mol. The van der Waals surface area contributed by atoms with E-state index in [9.17, 15) is 12.3 Å². The summed E-state index contributed by atoms with van der Waals surface area (Å²) in [5.41, 5.74) is -6.24. The molecule has 1 aromatic heterocycles. The number of para-hydroxylation sites is 2. The lowest BCUT2D eigenvalue weighted by Crippen LogP contribution is -1.91. The molecule has 0 saturated heterocycles. The number of rotatable bonds is 4. The Morgan fingerprint density at radius 2 is 0.860 bits per heavy atom. The highest BCUT2D eigenvalue weighted by atomic mass is 16.3. The number of benzene rings is 9. The van der Waals surface area contributed by atoms with Crippen LogP contribution in [0.2, 0.25) is 0 Å². The highest BCUT2D eigenvalue weighted by molar-refractivity contribution is 6.24. The van der Waals surface area contributed by atoms with Gasteiger partial charge in [-0.05, 0) is 72.6 Å². The summed E-state index contributed by atoms with van der Waals surface area (Å²) in [4.78, 5) is 0. The van der Waals surface area contributed by atoms with Gasteiger partial charge in [0.2, 0.25) is 0 Å². The summed E-state index contributed by atoms with van der Waals surface area (Å²) in [6.07, 6.45) is 0. The maximum Gasteiger partial charge on any atom is 0.143 e. The van der Waals surface area contributed by atoms with E-state index in [0.717, 1.165) is 6.07 Å². The van der Waals surface area contributed by atoms with E-state index in [-0.39, 0.29) is 21.9 Å². The molecule has 50 heavy (non-hydrogen) atoms. The van der Waals surface area contributed by atoms with Gasteiger partial charge in [0, 0.05) is 27.5 Å². The molecule has 0 bridgehead atoms. The van der Waals surface area contributed by atoms with Crippen molar-refractivity contribution >= 4 is 54.3 Å². The molecule has 0 unspecified atom stereocenters. The lowest BCUT2D eigenvalue weighted by atomic mass is 9.85. The summed E-state index contributed by atoms with van der Waals surface area (Å²) >= 11 is 0. The smallest absolute Gasteiger partial charge is 0.143 e. The van der Waals surface area contributed by atoms with Crippen LogP contribution in [0.15, 0.2) is 180 Å². The van der Waals surface area contributed by atoms with Gasteiger partial charge < -0.3 is 4.42 Å². The summed E-state index contributed by atoms with van der Waals surface area (Å²) in [6, 6.07) is -23.4. The first-order valence-electron chi connectivity index (χ1n) is 29.0. The normalized spacial score (nSPS) is 19.5. The van der Waals surface area contributed by atoms with E-state index >= 15 is 0 Å². The van der Waals surface area contributed by atoms with Crippen LogP contribution in [-0.4, -0.2) is 0 Å². The molecule has 0 radical (unpaired) electrons. The first kappa shape index (κ1) is 12.2. The van der Waals surface area contributed by atoms with Crippen LogP contribution in [0.4, 0.5) is 0 Å². The third kappa shape index (κ3) is 4.34. The van der Waals surface area contributed by atoms with E-state index in [2.05, 4.69) is 0 Å². The van der Waals surface area contributed by atoms with E-state index in [1.165, 1.54) is 6.92 Å². The van der Waals surface area contributed by atoms with Crippen LogP contribution in [0, 0.1) is 6.92 Å². The van der Waals surface area contributed by atoms with Gasteiger partial charge in [0.15, 0.2) is 0 Å². The van der Waals surface area contributed by atoms with Gasteiger partial charge in [-0.3, -0.25) is 0 Å². The number of hydrogen-bond donors (Lipinski definition) is 0. The maximum atomic E-state index is 9.63. The highest BCUT2D eigenvalue weighted by Gasteiger charge is 2.21. The Morgan fingerprint density at radius 3 is 1.62 bits per heavy atom. The van der Waals surface area contributed by atoms with Crippen molar-refractivity contribution in [3.8, 4) is 44.5 Å². The van der Waals surface area contributed by atoms with Gasteiger partial charge in [0.1, 0.15) is 11.2 Å². The topological polar surface area (TPSA) is 13.1 Å². The fourth-order valence-corrected chi connectivity index (χ4v) is 6.18. The van der Waals surface area contributed by atoms with Crippen molar-refractivity contribution in [3.63, 3.8) is 0 Å². The Balaban J connectivity index is 1.46. The van der Waals surface area contributed by atoms with Gasteiger partial charge in [0.25, 0.3) is 0 Å². The fourth-order valence-electron chi connectivity index (χ4n) is 6.18. The van der Waals surface area contributed by atoms with Crippen molar-refractivity contribution in [3.05, 3.63) is 181 Å². The molecule has 9 aromatic carbocycles. The Labute approximate surface area is 330 Å². The zero-order valence-corrected chi connectivity index (χ0v) is 25.5. The van der Waals surface area contributed by atoms with E-state index in [1.807, 2.05) is 0 Å². The predicted octanol–water partition coefficient (Wildman–Crippen LogP) is 14.0. The molecule has 0 aliphatic heterocycles. The average Bonchev–Trinajstić information content (AvgIpc) is 3.89. The van der Waals surface area contributed by atoms with Crippen LogP contribution < -0.4 is 0 Å². The standard InChI is InChI=1S/C49H32O/c1-31-13-2-4-16-35(31)42-23-11-24-43-44-25-12-26-45(49(44)50-48(42)43)47-40-20-8-6-18-38(40)46(39-19-7-9-21-41(39)47)34-29-27-33(28-30-34)37-22-10-15-32-14-3-5-17-36(32)37/h2-30H,1H3/i2D,3D,4D,5D,6D,7D,8D,9D,10D,11D,12D,13D,14D,15D,16D,17D,18D,19D,20D,21D,22D,23D,24D,26D,27D,28D,29D,30D. The fraction of sp³-hybridized carbons (Fsp3) is 0.0204. The zero-order chi connectivity index (χ0) is 57.5. The minimum Gasteiger partial charge on any atom is -0.455 e. The van der Waals surface area contributed by atoms with Gasteiger partial charge in [-0.15, -0.1) is 0 Å². The van der Waals surface area contributed by atoms with Crippen LogP contribution in [0.1, 0.15) is 43.9 Å². The summed E-state index contributed by atoms with van der Waals surface area (Å²) < 4.78 is 259. The molecule has 0 amide bonds. The molecule has 234 valence electrons. The van der Waals surface area contributed by atoms with Gasteiger partial charge in [-0.2, -0.15) is 0 Å². The molecular weight excluding hydrogens is 605 g/mol. The van der Waals surface area contributed by atoms with Gasteiger partial charge >= 0.3 is 0 Å². The Hall–Kier alpha value is -6.44. The van der Waals surface area contributed by atoms with Crippen molar-refractivity contribution in [1.82, 2.24) is 0 Å². The monoisotopic (exact) mass is 664 g/mol. The minimum atomic E-state index is -1.09. The van der Waals surface area contributed by atoms with E-state index < -0.39 is 252 Å². The third-order valence-corrected chi connectivity index (χ3v) is 8.38. The summed E-state index contributed by atoms with van der Waals surface area (Å²) in [5, 5.41) is -4.62. The lowest BCUT2D eigenvalue weighted by Gasteiger charge is -2.18. The summed E-state index contributed by atoms with van der Waals surface area (Å²) in [5.74, 6) is 0. The van der Waals surface area contributed by atoms with Crippen molar-refractivity contribution in [1.29, 1.82) is 0 Å². The molecule has 0 spiro atoms. The molecule has 0 N–H and O–H groups in total. The Morgan fingerprint density at radius 1 is 0.360 bits per heavy atom. The summed E-state index contributed by atoms with van der Waals surface area (Å²) in [6.45, 7) is 1.32. The molecule has 0 aliphatic rings. The van der Waals surface area contributed by atoms with Crippen molar-refractivity contribution < 1.29 is 42.8 Å². The second kappa shape index (κ2) is 11.3. The third-order valence-electron chi connectivity index (χ3n) is 8.38. The minimum absolute atomic E-state index is 0.106. The maximum absolute atomic E-state index is 9.63. The van der Waals surface area contributed by atoms with E-state index in [0.29, 0.717) is 0 Å². The Kier molecular flexibility index (Phi) is 2.75. The van der Waals surface area contributed by atoms with E-state index in [4.69, 9.17) is 30.5 Å². The van der Waals surface area contributed by atoms with Crippen LogP contribution >= 0.6 is 0 Å². The van der Waals surface area contributed by atoms with Crippen molar-refractivity contribution in [2.45, 2.75) is 6.92 Å². The molecule has 1 heterocycles. The first-order chi connectivity index (χ1) is 36.4. The lowest BCUT2D eigenvalue weighted by molar-refractivity contribution is 0.671.